The van der Waals surface area contributed by atoms with Gasteiger partial charge < -0.3 is 10.1 Å². The molecule has 5 nitrogen and oxygen atoms in total. The van der Waals surface area contributed by atoms with Crippen molar-refractivity contribution in [1.82, 2.24) is 9.78 Å². The molecule has 1 aliphatic heterocycles. The monoisotopic (exact) mass is 285 g/mol. The molecule has 0 radical (unpaired) electrons. The standard InChI is InChI=1S/C16H19N3O2/c1-12-5-2-3-6-13(12)11-19-9-8-15(18-19)17-16(20)14-7-4-10-21-14/h2-3,5-6,8-9,14H,4,7,10-11H2,1H3,(H,17,18,20). The lowest BCUT2D eigenvalue weighted by molar-refractivity contribution is -0.124. The lowest BCUT2D eigenvalue weighted by Gasteiger charge is -2.08. The van der Waals surface area contributed by atoms with Gasteiger partial charge in [0.15, 0.2) is 5.82 Å². The van der Waals surface area contributed by atoms with Crippen LogP contribution in [0.2, 0.25) is 0 Å². The third-order valence-electron chi connectivity index (χ3n) is 3.71. The van der Waals surface area contributed by atoms with Crippen molar-refractivity contribution in [2.75, 3.05) is 11.9 Å². The number of amides is 1. The van der Waals surface area contributed by atoms with Gasteiger partial charge >= 0.3 is 0 Å². The van der Waals surface area contributed by atoms with E-state index in [2.05, 4.69) is 29.5 Å². The maximum Gasteiger partial charge on any atom is 0.254 e. The van der Waals surface area contributed by atoms with Crippen LogP contribution in [0.25, 0.3) is 0 Å². The Bertz CT molecular complexity index is 630. The molecule has 1 aliphatic rings. The summed E-state index contributed by atoms with van der Waals surface area (Å²) in [5, 5.41) is 7.20. The van der Waals surface area contributed by atoms with Crippen LogP contribution in [0.4, 0.5) is 5.82 Å². The molecule has 1 atom stereocenters. The molecule has 2 aromatic rings. The topological polar surface area (TPSA) is 56.2 Å². The lowest BCUT2D eigenvalue weighted by atomic mass is 10.1. The van der Waals surface area contributed by atoms with Crippen molar-refractivity contribution in [3.8, 4) is 0 Å². The predicted octanol–water partition coefficient (Wildman–Crippen LogP) is 2.36. The number of aromatic nitrogens is 2. The zero-order valence-electron chi connectivity index (χ0n) is 12.1. The first-order valence-electron chi connectivity index (χ1n) is 7.23. The van der Waals surface area contributed by atoms with Gasteiger partial charge in [-0.2, -0.15) is 5.10 Å². The van der Waals surface area contributed by atoms with Gasteiger partial charge in [0, 0.05) is 18.9 Å². The molecule has 1 aromatic heterocycles. The molecule has 1 amide bonds. The van der Waals surface area contributed by atoms with E-state index in [1.807, 2.05) is 29.1 Å². The minimum Gasteiger partial charge on any atom is -0.368 e. The Labute approximate surface area is 123 Å². The van der Waals surface area contributed by atoms with E-state index in [9.17, 15) is 4.79 Å². The van der Waals surface area contributed by atoms with E-state index in [-0.39, 0.29) is 12.0 Å². The quantitative estimate of drug-likeness (QED) is 0.938. The Morgan fingerprint density at radius 3 is 3.05 bits per heavy atom. The van der Waals surface area contributed by atoms with E-state index in [1.165, 1.54) is 11.1 Å². The summed E-state index contributed by atoms with van der Waals surface area (Å²) in [6, 6.07) is 10.0. The second kappa shape index (κ2) is 6.10. The average Bonchev–Trinajstić information content (AvgIpc) is 3.13. The molecule has 0 aliphatic carbocycles. The van der Waals surface area contributed by atoms with Crippen molar-refractivity contribution in [1.29, 1.82) is 0 Å². The number of aryl methyl sites for hydroxylation is 1. The molecule has 1 saturated heterocycles. The predicted molar refractivity (Wildman–Crippen MR) is 80.1 cm³/mol. The minimum atomic E-state index is -0.327. The van der Waals surface area contributed by atoms with E-state index in [4.69, 9.17) is 4.74 Å². The van der Waals surface area contributed by atoms with Gasteiger partial charge in [-0.1, -0.05) is 24.3 Å². The molecule has 1 fully saturated rings. The van der Waals surface area contributed by atoms with Gasteiger partial charge in [-0.05, 0) is 30.9 Å². The van der Waals surface area contributed by atoms with Crippen LogP contribution in [0, 0.1) is 6.92 Å². The Morgan fingerprint density at radius 1 is 1.43 bits per heavy atom. The number of benzene rings is 1. The van der Waals surface area contributed by atoms with Gasteiger partial charge in [0.1, 0.15) is 6.10 Å². The van der Waals surface area contributed by atoms with Crippen molar-refractivity contribution in [3.63, 3.8) is 0 Å². The molecule has 110 valence electrons. The highest BCUT2D eigenvalue weighted by Crippen LogP contribution is 2.15. The number of anilines is 1. The van der Waals surface area contributed by atoms with E-state index in [1.54, 1.807) is 0 Å². The van der Waals surface area contributed by atoms with Gasteiger partial charge in [0.05, 0.1) is 6.54 Å². The van der Waals surface area contributed by atoms with Crippen LogP contribution < -0.4 is 5.32 Å². The molecule has 3 rings (SSSR count). The number of nitrogens with zero attached hydrogens (tertiary/aromatic N) is 2. The summed E-state index contributed by atoms with van der Waals surface area (Å²) < 4.78 is 7.19. The number of ether oxygens (including phenoxy) is 1. The van der Waals surface area contributed by atoms with Crippen LogP contribution in [0.15, 0.2) is 36.5 Å². The zero-order chi connectivity index (χ0) is 14.7. The SMILES string of the molecule is Cc1ccccc1Cn1ccc(NC(=O)C2CCCO2)n1. The first kappa shape index (κ1) is 13.8. The van der Waals surface area contributed by atoms with Crippen LogP contribution >= 0.6 is 0 Å². The molecule has 2 heterocycles. The summed E-state index contributed by atoms with van der Waals surface area (Å²) in [5.41, 5.74) is 2.45. The normalized spacial score (nSPS) is 17.9. The number of hydrogen-bond acceptors (Lipinski definition) is 3. The average molecular weight is 285 g/mol. The van der Waals surface area contributed by atoms with E-state index < -0.39 is 0 Å². The van der Waals surface area contributed by atoms with E-state index in [0.29, 0.717) is 19.0 Å². The third-order valence-corrected chi connectivity index (χ3v) is 3.71. The summed E-state index contributed by atoms with van der Waals surface area (Å²) in [6.07, 6.45) is 3.28. The highest BCUT2D eigenvalue weighted by molar-refractivity contribution is 5.93. The summed E-state index contributed by atoms with van der Waals surface area (Å²) in [4.78, 5) is 12.0. The highest BCUT2D eigenvalue weighted by Gasteiger charge is 2.23. The van der Waals surface area contributed by atoms with Gasteiger partial charge in [-0.15, -0.1) is 0 Å². The van der Waals surface area contributed by atoms with Crippen molar-refractivity contribution < 1.29 is 9.53 Å². The Morgan fingerprint density at radius 2 is 2.29 bits per heavy atom. The molecular formula is C16H19N3O2. The van der Waals surface area contributed by atoms with Crippen LogP contribution in [0.5, 0.6) is 0 Å². The Balaban J connectivity index is 1.63. The number of nitrogens with one attached hydrogen (secondary N) is 1. The van der Waals surface area contributed by atoms with E-state index >= 15 is 0 Å². The first-order valence-corrected chi connectivity index (χ1v) is 7.23. The van der Waals surface area contributed by atoms with Crippen LogP contribution in [0.1, 0.15) is 24.0 Å². The van der Waals surface area contributed by atoms with Crippen LogP contribution in [-0.2, 0) is 16.1 Å². The molecule has 0 spiro atoms. The van der Waals surface area contributed by atoms with Crippen molar-refractivity contribution in [3.05, 3.63) is 47.7 Å². The smallest absolute Gasteiger partial charge is 0.254 e. The fourth-order valence-corrected chi connectivity index (χ4v) is 2.47. The minimum absolute atomic E-state index is 0.103. The molecule has 5 heteroatoms. The number of carbonyl (C=O) groups is 1. The summed E-state index contributed by atoms with van der Waals surface area (Å²) >= 11 is 0. The summed E-state index contributed by atoms with van der Waals surface area (Å²) in [5.74, 6) is 0.470. The van der Waals surface area contributed by atoms with E-state index in [0.717, 1.165) is 12.8 Å². The molecular weight excluding hydrogens is 266 g/mol. The van der Waals surface area contributed by atoms with Crippen molar-refractivity contribution in [2.24, 2.45) is 0 Å². The lowest BCUT2D eigenvalue weighted by Crippen LogP contribution is -2.27. The van der Waals surface area contributed by atoms with Gasteiger partial charge in [-0.3, -0.25) is 9.48 Å². The Hall–Kier alpha value is -2.14. The first-order chi connectivity index (χ1) is 10.2. The zero-order valence-corrected chi connectivity index (χ0v) is 12.1. The third kappa shape index (κ3) is 3.31. The number of carbonyl (C=O) groups excluding carboxylic acids is 1. The molecule has 0 saturated carbocycles. The molecule has 1 unspecified atom stereocenters. The van der Waals surface area contributed by atoms with Gasteiger partial charge in [-0.25, -0.2) is 0 Å². The summed E-state index contributed by atoms with van der Waals surface area (Å²) in [7, 11) is 0. The van der Waals surface area contributed by atoms with Crippen molar-refractivity contribution >= 4 is 11.7 Å². The van der Waals surface area contributed by atoms with Gasteiger partial charge in [0.25, 0.3) is 5.91 Å². The second-order valence-electron chi connectivity index (χ2n) is 5.32. The fraction of sp³-hybridized carbons (Fsp3) is 0.375. The molecule has 0 bridgehead atoms. The molecule has 21 heavy (non-hydrogen) atoms. The second-order valence-corrected chi connectivity index (χ2v) is 5.32. The number of hydrogen-bond donors (Lipinski definition) is 1. The highest BCUT2D eigenvalue weighted by atomic mass is 16.5. The number of rotatable bonds is 4. The maximum atomic E-state index is 12.0. The largest absolute Gasteiger partial charge is 0.368 e. The van der Waals surface area contributed by atoms with Crippen molar-refractivity contribution in [2.45, 2.75) is 32.4 Å². The van der Waals surface area contributed by atoms with Gasteiger partial charge in [0.2, 0.25) is 0 Å². The molecule has 1 aromatic carbocycles. The fourth-order valence-electron chi connectivity index (χ4n) is 2.47. The summed E-state index contributed by atoms with van der Waals surface area (Å²) in [6.45, 7) is 3.45. The maximum absolute atomic E-state index is 12.0. The van der Waals surface area contributed by atoms with Crippen LogP contribution in [0.3, 0.4) is 0 Å². The van der Waals surface area contributed by atoms with Crippen LogP contribution in [-0.4, -0.2) is 28.4 Å². The Kier molecular flexibility index (Phi) is 4.01. The molecule has 1 N–H and O–H groups in total.